The Kier molecular flexibility index (Phi) is 6.64. The van der Waals surface area contributed by atoms with Gasteiger partial charge in [0.2, 0.25) is 11.8 Å². The van der Waals surface area contributed by atoms with Crippen LogP contribution in [0.1, 0.15) is 32.6 Å². The van der Waals surface area contributed by atoms with Gasteiger partial charge in [-0.1, -0.05) is 12.8 Å². The summed E-state index contributed by atoms with van der Waals surface area (Å²) in [6.07, 6.45) is 4.71. The van der Waals surface area contributed by atoms with Crippen molar-refractivity contribution in [3.8, 4) is 0 Å². The molecule has 1 N–H and O–H groups in total. The number of nitrogens with one attached hydrogen (secondary N) is 1. The van der Waals surface area contributed by atoms with E-state index in [-0.39, 0.29) is 17.9 Å². The van der Waals surface area contributed by atoms with Crippen LogP contribution in [-0.2, 0) is 14.3 Å². The Balaban J connectivity index is 1.95. The van der Waals surface area contributed by atoms with Gasteiger partial charge in [0.25, 0.3) is 0 Å². The van der Waals surface area contributed by atoms with Crippen molar-refractivity contribution >= 4 is 11.8 Å². The van der Waals surface area contributed by atoms with Gasteiger partial charge < -0.3 is 15.0 Å². The second kappa shape index (κ2) is 8.48. The first-order chi connectivity index (χ1) is 10.6. The zero-order valence-corrected chi connectivity index (χ0v) is 13.8. The van der Waals surface area contributed by atoms with Gasteiger partial charge in [0, 0.05) is 46.8 Å². The van der Waals surface area contributed by atoms with Crippen molar-refractivity contribution in [3.63, 3.8) is 0 Å². The van der Waals surface area contributed by atoms with E-state index in [0.717, 1.165) is 39.0 Å². The van der Waals surface area contributed by atoms with Crippen LogP contribution in [0.25, 0.3) is 0 Å². The lowest BCUT2D eigenvalue weighted by molar-refractivity contribution is -0.133. The molecular formula is C16H29N3O3. The van der Waals surface area contributed by atoms with Crippen LogP contribution in [0, 0.1) is 5.92 Å². The molecule has 1 unspecified atom stereocenters. The third-order valence-electron chi connectivity index (χ3n) is 4.87. The highest BCUT2D eigenvalue weighted by atomic mass is 16.5. The summed E-state index contributed by atoms with van der Waals surface area (Å²) in [4.78, 5) is 28.2. The number of hydrogen-bond acceptors (Lipinski definition) is 4. The van der Waals surface area contributed by atoms with E-state index in [2.05, 4.69) is 10.2 Å². The summed E-state index contributed by atoms with van der Waals surface area (Å²) in [5.74, 6) is 0.702. The highest BCUT2D eigenvalue weighted by molar-refractivity contribution is 5.82. The molecular weight excluding hydrogens is 282 g/mol. The number of nitrogens with zero attached hydrogens (tertiary/aromatic N) is 2. The molecule has 1 saturated carbocycles. The molecule has 1 heterocycles. The van der Waals surface area contributed by atoms with Gasteiger partial charge >= 0.3 is 0 Å². The largest absolute Gasteiger partial charge is 0.383 e. The Labute approximate surface area is 133 Å². The molecule has 126 valence electrons. The molecule has 0 aromatic heterocycles. The summed E-state index contributed by atoms with van der Waals surface area (Å²) in [5.41, 5.74) is 0. The first-order valence-corrected chi connectivity index (χ1v) is 8.39. The van der Waals surface area contributed by atoms with Crippen molar-refractivity contribution in [2.45, 2.75) is 38.6 Å². The topological polar surface area (TPSA) is 61.9 Å². The Morgan fingerprint density at radius 3 is 2.36 bits per heavy atom. The van der Waals surface area contributed by atoms with Crippen molar-refractivity contribution in [1.29, 1.82) is 0 Å². The molecule has 1 atom stereocenters. The van der Waals surface area contributed by atoms with Crippen LogP contribution in [0.15, 0.2) is 0 Å². The van der Waals surface area contributed by atoms with Gasteiger partial charge in [-0.3, -0.25) is 14.5 Å². The molecule has 22 heavy (non-hydrogen) atoms. The van der Waals surface area contributed by atoms with Gasteiger partial charge in [0.05, 0.1) is 12.6 Å². The highest BCUT2D eigenvalue weighted by Gasteiger charge is 2.36. The minimum Gasteiger partial charge on any atom is -0.383 e. The smallest absolute Gasteiger partial charge is 0.237 e. The van der Waals surface area contributed by atoms with Crippen LogP contribution in [0.3, 0.4) is 0 Å². The normalized spacial score (nSPS) is 21.8. The Morgan fingerprint density at radius 2 is 1.82 bits per heavy atom. The highest BCUT2D eigenvalue weighted by Crippen LogP contribution is 2.31. The van der Waals surface area contributed by atoms with Crippen molar-refractivity contribution in [3.05, 3.63) is 0 Å². The molecule has 2 amide bonds. The number of amides is 2. The van der Waals surface area contributed by atoms with Gasteiger partial charge in [0.1, 0.15) is 0 Å². The van der Waals surface area contributed by atoms with E-state index in [4.69, 9.17) is 4.74 Å². The Morgan fingerprint density at radius 1 is 1.18 bits per heavy atom. The lowest BCUT2D eigenvalue weighted by Gasteiger charge is -2.40. The zero-order valence-electron chi connectivity index (χ0n) is 13.8. The van der Waals surface area contributed by atoms with Gasteiger partial charge in [-0.05, 0) is 18.8 Å². The predicted octanol–water partition coefficient (Wildman–Crippen LogP) is 0.472. The molecule has 1 aliphatic heterocycles. The predicted molar refractivity (Wildman–Crippen MR) is 84.5 cm³/mol. The standard InChI is InChI=1S/C16H29N3O3/c1-13(20)18-8-10-19(11-9-18)15(14-5-3-4-6-14)16(21)17-7-12-22-2/h14-15H,3-12H2,1-2H3,(H,17,21). The minimum absolute atomic E-state index is 0.0477. The number of ether oxygens (including phenoxy) is 1. The molecule has 0 radical (unpaired) electrons. The minimum atomic E-state index is -0.0477. The van der Waals surface area contributed by atoms with Crippen LogP contribution in [0.4, 0.5) is 0 Å². The quantitative estimate of drug-likeness (QED) is 0.725. The van der Waals surface area contributed by atoms with Crippen molar-refractivity contribution in [2.75, 3.05) is 46.4 Å². The van der Waals surface area contributed by atoms with Crippen LogP contribution < -0.4 is 5.32 Å². The number of hydrogen-bond donors (Lipinski definition) is 1. The molecule has 0 bridgehead atoms. The number of carbonyl (C=O) groups is 2. The Hall–Kier alpha value is -1.14. The lowest BCUT2D eigenvalue weighted by Crippen LogP contribution is -2.58. The maximum atomic E-state index is 12.6. The first-order valence-electron chi connectivity index (χ1n) is 8.39. The number of carbonyl (C=O) groups excluding carboxylic acids is 2. The van der Waals surface area contributed by atoms with Gasteiger partial charge in [0.15, 0.2) is 0 Å². The second-order valence-electron chi connectivity index (χ2n) is 6.32. The molecule has 2 aliphatic rings. The maximum absolute atomic E-state index is 12.6. The van der Waals surface area contributed by atoms with E-state index in [0.29, 0.717) is 19.1 Å². The fourth-order valence-corrected chi connectivity index (χ4v) is 3.65. The SMILES string of the molecule is COCCNC(=O)C(C1CCCC1)N1CCN(C(C)=O)CC1. The second-order valence-corrected chi connectivity index (χ2v) is 6.32. The number of piperazine rings is 1. The zero-order chi connectivity index (χ0) is 15.9. The van der Waals surface area contributed by atoms with Crippen molar-refractivity contribution in [1.82, 2.24) is 15.1 Å². The van der Waals surface area contributed by atoms with E-state index in [1.807, 2.05) is 4.90 Å². The molecule has 2 fully saturated rings. The van der Waals surface area contributed by atoms with Crippen molar-refractivity contribution in [2.24, 2.45) is 5.92 Å². The molecule has 6 heteroatoms. The van der Waals surface area contributed by atoms with Crippen LogP contribution >= 0.6 is 0 Å². The van der Waals surface area contributed by atoms with E-state index < -0.39 is 0 Å². The summed E-state index contributed by atoms with van der Waals surface area (Å²) in [5, 5.41) is 3.01. The summed E-state index contributed by atoms with van der Waals surface area (Å²) in [6, 6.07) is -0.0477. The molecule has 0 spiro atoms. The summed E-state index contributed by atoms with van der Waals surface area (Å²) in [7, 11) is 1.64. The third-order valence-corrected chi connectivity index (χ3v) is 4.87. The number of rotatable bonds is 6. The molecule has 0 aromatic rings. The fraction of sp³-hybridized carbons (Fsp3) is 0.875. The van der Waals surface area contributed by atoms with E-state index in [1.54, 1.807) is 14.0 Å². The summed E-state index contributed by atoms with van der Waals surface area (Å²) < 4.78 is 5.01. The molecule has 0 aromatic carbocycles. The average Bonchev–Trinajstić information content (AvgIpc) is 3.02. The monoisotopic (exact) mass is 311 g/mol. The van der Waals surface area contributed by atoms with Gasteiger partial charge in [-0.25, -0.2) is 0 Å². The molecule has 1 aliphatic carbocycles. The van der Waals surface area contributed by atoms with Crippen LogP contribution in [0.2, 0.25) is 0 Å². The van der Waals surface area contributed by atoms with Crippen molar-refractivity contribution < 1.29 is 14.3 Å². The van der Waals surface area contributed by atoms with Crippen LogP contribution in [0.5, 0.6) is 0 Å². The summed E-state index contributed by atoms with van der Waals surface area (Å²) >= 11 is 0. The van der Waals surface area contributed by atoms with E-state index in [9.17, 15) is 9.59 Å². The maximum Gasteiger partial charge on any atom is 0.237 e. The average molecular weight is 311 g/mol. The molecule has 1 saturated heterocycles. The third kappa shape index (κ3) is 4.43. The van der Waals surface area contributed by atoms with Gasteiger partial charge in [-0.15, -0.1) is 0 Å². The molecule has 6 nitrogen and oxygen atoms in total. The van der Waals surface area contributed by atoms with E-state index in [1.165, 1.54) is 12.8 Å². The van der Waals surface area contributed by atoms with Gasteiger partial charge in [-0.2, -0.15) is 0 Å². The fourth-order valence-electron chi connectivity index (χ4n) is 3.65. The van der Waals surface area contributed by atoms with E-state index >= 15 is 0 Å². The molecule has 2 rings (SSSR count). The summed E-state index contributed by atoms with van der Waals surface area (Å²) in [6.45, 7) is 5.75. The lowest BCUT2D eigenvalue weighted by atomic mass is 9.95. The Bertz CT molecular complexity index is 375. The number of methoxy groups -OCH3 is 1. The van der Waals surface area contributed by atoms with Crippen LogP contribution in [-0.4, -0.2) is 74.1 Å². The first kappa shape index (κ1) is 17.2.